The first-order valence-electron chi connectivity index (χ1n) is 8.51. The van der Waals surface area contributed by atoms with Crippen LogP contribution in [0, 0.1) is 11.8 Å². The van der Waals surface area contributed by atoms with Gasteiger partial charge in [-0.2, -0.15) is 0 Å². The summed E-state index contributed by atoms with van der Waals surface area (Å²) in [5.74, 6) is 4.69. The molecule has 0 radical (unpaired) electrons. The highest BCUT2D eigenvalue weighted by Crippen LogP contribution is 2.42. The van der Waals surface area contributed by atoms with E-state index in [4.69, 9.17) is 10.5 Å². The predicted molar refractivity (Wildman–Crippen MR) is 99.5 cm³/mol. The van der Waals surface area contributed by atoms with Crippen LogP contribution >= 0.6 is 11.3 Å². The summed E-state index contributed by atoms with van der Waals surface area (Å²) < 4.78 is 20.0. The fourth-order valence-corrected chi connectivity index (χ4v) is 4.04. The molecule has 0 saturated carbocycles. The Bertz CT molecular complexity index is 1060. The Morgan fingerprint density at radius 2 is 2.32 bits per heavy atom. The Morgan fingerprint density at radius 3 is 3.00 bits per heavy atom. The molecule has 4 rings (SSSR count). The molecule has 2 aliphatic heterocycles. The molecule has 3 heterocycles. The Morgan fingerprint density at radius 1 is 1.54 bits per heavy atom. The molecule has 2 aliphatic rings. The molecule has 7 nitrogen and oxygen atoms in total. The highest BCUT2D eigenvalue weighted by atomic mass is 32.1. The number of nitrogens with two attached hydrogens (primary N) is 1. The molecule has 1 saturated heterocycles. The number of alkyl halides is 1. The van der Waals surface area contributed by atoms with E-state index in [9.17, 15) is 19.1 Å². The third-order valence-corrected chi connectivity index (χ3v) is 5.85. The number of thiazole rings is 1. The van der Waals surface area contributed by atoms with E-state index in [-0.39, 0.29) is 28.6 Å². The molecule has 9 heteroatoms. The number of rotatable bonds is 1. The molecule has 3 N–H and O–H groups in total. The van der Waals surface area contributed by atoms with Crippen molar-refractivity contribution >= 4 is 23.2 Å². The number of aliphatic hydroxyl groups is 1. The van der Waals surface area contributed by atoms with Gasteiger partial charge in [-0.15, -0.1) is 11.3 Å². The molecule has 0 aliphatic carbocycles. The lowest BCUT2D eigenvalue weighted by Gasteiger charge is -2.13. The number of halogens is 1. The van der Waals surface area contributed by atoms with Crippen molar-refractivity contribution in [3.05, 3.63) is 33.6 Å². The number of carbonyl (C=O) groups excluding carboxylic acids is 2. The number of hydrogen-bond acceptors (Lipinski definition) is 6. The summed E-state index contributed by atoms with van der Waals surface area (Å²) in [6.07, 6.45) is -1.21. The number of primary amides is 1. The second-order valence-corrected chi connectivity index (χ2v) is 7.70. The van der Waals surface area contributed by atoms with Crippen LogP contribution in [0.1, 0.15) is 32.8 Å². The maximum atomic E-state index is 14.5. The third-order valence-electron chi connectivity index (χ3n) is 4.69. The number of nitrogens with zero attached hydrogens (tertiary/aromatic N) is 2. The first-order chi connectivity index (χ1) is 13.3. The van der Waals surface area contributed by atoms with E-state index < -0.39 is 23.6 Å². The van der Waals surface area contributed by atoms with E-state index >= 15 is 0 Å². The van der Waals surface area contributed by atoms with Crippen molar-refractivity contribution in [1.82, 2.24) is 9.88 Å². The number of fused-ring (bicyclic) bond motifs is 3. The minimum absolute atomic E-state index is 0.0193. The average molecular weight is 401 g/mol. The monoisotopic (exact) mass is 401 g/mol. The number of benzene rings is 1. The summed E-state index contributed by atoms with van der Waals surface area (Å²) in [7, 11) is 1.61. The quantitative estimate of drug-likeness (QED) is 0.700. The average Bonchev–Trinajstić information content (AvgIpc) is 3.20. The van der Waals surface area contributed by atoms with Gasteiger partial charge < -0.3 is 20.5 Å². The second kappa shape index (κ2) is 6.58. The van der Waals surface area contributed by atoms with Gasteiger partial charge in [-0.05, 0) is 18.2 Å². The molecule has 1 aromatic carbocycles. The standard InChI is InChI=1S/C19H16FN3O4S/c1-23-7-6-19(26,18(23)25)5-4-10-2-3-13-11(8-10)14-15(12(20)9-27-13)28-17(22-14)16(21)24/h2-3,8,12,26H,6-7,9H2,1H3,(H2,21,24)/t12-,19?/m0/s1. The van der Waals surface area contributed by atoms with Crippen LogP contribution in [0.5, 0.6) is 5.75 Å². The van der Waals surface area contributed by atoms with Crippen molar-refractivity contribution in [1.29, 1.82) is 0 Å². The Balaban J connectivity index is 1.76. The zero-order valence-corrected chi connectivity index (χ0v) is 15.7. The molecule has 0 spiro atoms. The lowest BCUT2D eigenvalue weighted by Crippen LogP contribution is -2.37. The number of aromatic nitrogens is 1. The predicted octanol–water partition coefficient (Wildman–Crippen LogP) is 1.26. The van der Waals surface area contributed by atoms with Gasteiger partial charge in [0.2, 0.25) is 5.60 Å². The van der Waals surface area contributed by atoms with E-state index in [0.717, 1.165) is 11.3 Å². The molecule has 1 aromatic heterocycles. The van der Waals surface area contributed by atoms with Crippen LogP contribution in [0.2, 0.25) is 0 Å². The summed E-state index contributed by atoms with van der Waals surface area (Å²) >= 11 is 0.901. The van der Waals surface area contributed by atoms with Crippen molar-refractivity contribution in [2.45, 2.75) is 18.2 Å². The van der Waals surface area contributed by atoms with Gasteiger partial charge in [-0.25, -0.2) is 9.37 Å². The van der Waals surface area contributed by atoms with Crippen LogP contribution in [0.25, 0.3) is 11.3 Å². The Hall–Kier alpha value is -2.96. The second-order valence-electron chi connectivity index (χ2n) is 6.67. The van der Waals surface area contributed by atoms with Crippen LogP contribution in [0.15, 0.2) is 18.2 Å². The molecular weight excluding hydrogens is 385 g/mol. The molecular formula is C19H16FN3O4S. The summed E-state index contributed by atoms with van der Waals surface area (Å²) in [5.41, 5.74) is 4.83. The van der Waals surface area contributed by atoms with Gasteiger partial charge in [-0.3, -0.25) is 9.59 Å². The number of ether oxygens (including phenoxy) is 1. The maximum Gasteiger partial charge on any atom is 0.277 e. The van der Waals surface area contributed by atoms with E-state index in [1.807, 2.05) is 0 Å². The zero-order valence-electron chi connectivity index (χ0n) is 14.9. The van der Waals surface area contributed by atoms with Gasteiger partial charge in [0.15, 0.2) is 11.2 Å². The molecule has 144 valence electrons. The van der Waals surface area contributed by atoms with Crippen LogP contribution in [0.3, 0.4) is 0 Å². The number of likely N-dealkylation sites (tertiary alicyclic amines) is 1. The van der Waals surface area contributed by atoms with E-state index in [0.29, 0.717) is 23.4 Å². The first-order valence-corrected chi connectivity index (χ1v) is 9.33. The minimum atomic E-state index is -1.72. The number of likely N-dealkylation sites (N-methyl/N-ethyl adjacent to an activating group) is 1. The normalized spacial score (nSPS) is 23.2. The van der Waals surface area contributed by atoms with Gasteiger partial charge in [-0.1, -0.05) is 11.8 Å². The highest BCUT2D eigenvalue weighted by Gasteiger charge is 2.42. The van der Waals surface area contributed by atoms with Crippen molar-refractivity contribution in [2.24, 2.45) is 5.73 Å². The Kier molecular flexibility index (Phi) is 4.33. The van der Waals surface area contributed by atoms with Gasteiger partial charge in [0, 0.05) is 31.1 Å². The number of amides is 2. The first kappa shape index (κ1) is 18.4. The SMILES string of the molecule is CN1CCC(O)(C#Cc2ccc3c(c2)-c2nc(C(N)=O)sc2[C@@H](F)CO3)C1=O. The summed E-state index contributed by atoms with van der Waals surface area (Å²) in [5, 5.41) is 10.5. The molecule has 0 bridgehead atoms. The van der Waals surface area contributed by atoms with E-state index in [1.165, 1.54) is 4.90 Å². The van der Waals surface area contributed by atoms with E-state index in [1.54, 1.807) is 25.2 Å². The topological polar surface area (TPSA) is 106 Å². The summed E-state index contributed by atoms with van der Waals surface area (Å²) in [4.78, 5) is 29.4. The minimum Gasteiger partial charge on any atom is -0.489 e. The van der Waals surface area contributed by atoms with E-state index in [2.05, 4.69) is 16.8 Å². The lowest BCUT2D eigenvalue weighted by atomic mass is 10.0. The fraction of sp³-hybridized carbons (Fsp3) is 0.316. The summed E-state index contributed by atoms with van der Waals surface area (Å²) in [6, 6.07) is 4.91. The molecule has 2 amide bonds. The number of hydrogen-bond donors (Lipinski definition) is 2. The maximum absolute atomic E-state index is 14.5. The highest BCUT2D eigenvalue weighted by molar-refractivity contribution is 7.14. The largest absolute Gasteiger partial charge is 0.489 e. The van der Waals surface area contributed by atoms with Crippen molar-refractivity contribution in [3.8, 4) is 28.8 Å². The molecule has 2 atom stereocenters. The third kappa shape index (κ3) is 3.00. The zero-order chi connectivity index (χ0) is 20.1. The van der Waals surface area contributed by atoms with Crippen LogP contribution in [0.4, 0.5) is 4.39 Å². The van der Waals surface area contributed by atoms with Gasteiger partial charge in [0.25, 0.3) is 11.8 Å². The van der Waals surface area contributed by atoms with Crippen LogP contribution in [-0.4, -0.2) is 52.6 Å². The van der Waals surface area contributed by atoms with Crippen molar-refractivity contribution < 1.29 is 23.8 Å². The fourth-order valence-electron chi connectivity index (χ4n) is 3.15. The smallest absolute Gasteiger partial charge is 0.277 e. The van der Waals surface area contributed by atoms with Crippen LogP contribution in [-0.2, 0) is 4.79 Å². The molecule has 28 heavy (non-hydrogen) atoms. The van der Waals surface area contributed by atoms with Gasteiger partial charge in [0.1, 0.15) is 12.4 Å². The van der Waals surface area contributed by atoms with Crippen LogP contribution < -0.4 is 10.5 Å². The Labute approximate surface area is 163 Å². The lowest BCUT2D eigenvalue weighted by molar-refractivity contribution is -0.137. The molecule has 1 unspecified atom stereocenters. The molecule has 2 aromatic rings. The van der Waals surface area contributed by atoms with Crippen molar-refractivity contribution in [2.75, 3.05) is 20.2 Å². The van der Waals surface area contributed by atoms with Gasteiger partial charge >= 0.3 is 0 Å². The molecule has 1 fully saturated rings. The van der Waals surface area contributed by atoms with Gasteiger partial charge in [0.05, 0.1) is 10.6 Å². The van der Waals surface area contributed by atoms with Crippen molar-refractivity contribution in [3.63, 3.8) is 0 Å². The summed E-state index contributed by atoms with van der Waals surface area (Å²) in [6.45, 7) is 0.226. The number of carbonyl (C=O) groups is 2.